The van der Waals surface area contributed by atoms with E-state index in [4.69, 9.17) is 16.3 Å². The van der Waals surface area contributed by atoms with Crippen LogP contribution in [0.15, 0.2) is 41.3 Å². The van der Waals surface area contributed by atoms with Crippen molar-refractivity contribution in [3.05, 3.63) is 51.2 Å². The van der Waals surface area contributed by atoms with Gasteiger partial charge in [0.1, 0.15) is 0 Å². The number of ether oxygens (including phenoxy) is 1. The number of thiophene rings is 1. The molecule has 2 aromatic rings. The Morgan fingerprint density at radius 1 is 1.16 bits per heavy atom. The van der Waals surface area contributed by atoms with Crippen LogP contribution in [0, 0.1) is 6.92 Å². The number of sulfonamides is 1. The smallest absolute Gasteiger partial charge is 0.307 e. The second-order valence-corrected chi connectivity index (χ2v) is 8.63. The Morgan fingerprint density at radius 2 is 1.84 bits per heavy atom. The molecule has 0 aliphatic carbocycles. The quantitative estimate of drug-likeness (QED) is 0.542. The van der Waals surface area contributed by atoms with Crippen molar-refractivity contribution in [1.82, 2.24) is 4.72 Å². The van der Waals surface area contributed by atoms with E-state index in [1.807, 2.05) is 6.92 Å². The summed E-state index contributed by atoms with van der Waals surface area (Å²) in [6, 6.07) is 9.48. The van der Waals surface area contributed by atoms with Gasteiger partial charge in [0.25, 0.3) is 0 Å². The van der Waals surface area contributed by atoms with E-state index in [2.05, 4.69) is 4.72 Å². The van der Waals surface area contributed by atoms with Crippen LogP contribution < -0.4 is 4.72 Å². The van der Waals surface area contributed by atoms with Gasteiger partial charge in [-0.25, -0.2) is 13.1 Å². The predicted octanol–water partition coefficient (Wildman–Crippen LogP) is 2.80. The number of carbonyl (C=O) groups excluding carboxylic acids is 2. The maximum absolute atomic E-state index is 12.0. The molecule has 0 saturated heterocycles. The second-order valence-electron chi connectivity index (χ2n) is 5.15. The van der Waals surface area contributed by atoms with Gasteiger partial charge in [-0.05, 0) is 31.2 Å². The monoisotopic (exact) mass is 401 g/mol. The molecule has 0 unspecified atom stereocenters. The highest BCUT2D eigenvalue weighted by Gasteiger charge is 2.15. The molecular formula is C16H16ClNO5S2. The molecule has 0 amide bonds. The Balaban J connectivity index is 1.76. The standard InChI is InChI=1S/C16H16ClNO5S2/c1-11-2-4-12(5-3-11)25(21,22)18-9-8-16(20)23-10-13(19)14-6-7-15(17)24-14/h2-7,18H,8-10H2,1H3. The fraction of sp³-hybridized carbons (Fsp3) is 0.250. The number of carbonyl (C=O) groups is 2. The Bertz CT molecular complexity index is 859. The van der Waals surface area contributed by atoms with E-state index in [0.29, 0.717) is 9.21 Å². The van der Waals surface area contributed by atoms with Crippen LogP contribution in [0.4, 0.5) is 0 Å². The Hall–Kier alpha value is -1.74. The van der Waals surface area contributed by atoms with E-state index in [0.717, 1.165) is 16.9 Å². The number of halogens is 1. The number of ketones is 1. The summed E-state index contributed by atoms with van der Waals surface area (Å²) in [6.45, 7) is 1.33. The van der Waals surface area contributed by atoms with E-state index in [-0.39, 0.29) is 23.6 Å². The zero-order chi connectivity index (χ0) is 18.4. The van der Waals surface area contributed by atoms with Gasteiger partial charge in [-0.1, -0.05) is 29.3 Å². The zero-order valence-electron chi connectivity index (χ0n) is 13.3. The highest BCUT2D eigenvalue weighted by atomic mass is 35.5. The van der Waals surface area contributed by atoms with Gasteiger partial charge in [0.2, 0.25) is 15.8 Å². The number of Topliss-reactive ketones (excluding diaryl/α,β-unsaturated/α-hetero) is 1. The summed E-state index contributed by atoms with van der Waals surface area (Å²) in [6.07, 6.45) is -0.177. The first-order valence-electron chi connectivity index (χ1n) is 7.28. The molecule has 0 radical (unpaired) electrons. The van der Waals surface area contributed by atoms with Crippen molar-refractivity contribution < 1.29 is 22.7 Å². The van der Waals surface area contributed by atoms with Crippen molar-refractivity contribution in [2.45, 2.75) is 18.2 Å². The van der Waals surface area contributed by atoms with Crippen molar-refractivity contribution in [2.24, 2.45) is 0 Å². The lowest BCUT2D eigenvalue weighted by molar-refractivity contribution is -0.142. The first-order valence-corrected chi connectivity index (χ1v) is 9.96. The molecule has 0 fully saturated rings. The van der Waals surface area contributed by atoms with Crippen LogP contribution in [0.1, 0.15) is 21.7 Å². The van der Waals surface area contributed by atoms with E-state index in [1.54, 1.807) is 24.3 Å². The molecule has 134 valence electrons. The minimum absolute atomic E-state index is 0.117. The van der Waals surface area contributed by atoms with Crippen molar-refractivity contribution in [3.8, 4) is 0 Å². The average molecular weight is 402 g/mol. The lowest BCUT2D eigenvalue weighted by Crippen LogP contribution is -2.27. The molecule has 0 saturated carbocycles. The third-order valence-electron chi connectivity index (χ3n) is 3.16. The highest BCUT2D eigenvalue weighted by molar-refractivity contribution is 7.89. The van der Waals surface area contributed by atoms with Crippen molar-refractivity contribution in [1.29, 1.82) is 0 Å². The van der Waals surface area contributed by atoms with Crippen LogP contribution in [0.25, 0.3) is 0 Å². The normalized spacial score (nSPS) is 11.3. The Morgan fingerprint density at radius 3 is 2.44 bits per heavy atom. The molecule has 1 aromatic heterocycles. The maximum atomic E-state index is 12.0. The molecule has 0 spiro atoms. The minimum atomic E-state index is -3.68. The number of hydrogen-bond acceptors (Lipinski definition) is 6. The highest BCUT2D eigenvalue weighted by Crippen LogP contribution is 2.21. The first-order chi connectivity index (χ1) is 11.8. The molecule has 1 heterocycles. The van der Waals surface area contributed by atoms with Crippen molar-refractivity contribution in [3.63, 3.8) is 0 Å². The number of hydrogen-bond donors (Lipinski definition) is 1. The molecule has 25 heavy (non-hydrogen) atoms. The van der Waals surface area contributed by atoms with Gasteiger partial charge < -0.3 is 4.74 Å². The van der Waals surface area contributed by atoms with Crippen LogP contribution in [0.2, 0.25) is 4.34 Å². The summed E-state index contributed by atoms with van der Waals surface area (Å²) in [4.78, 5) is 23.9. The molecule has 6 nitrogen and oxygen atoms in total. The summed E-state index contributed by atoms with van der Waals surface area (Å²) in [7, 11) is -3.68. The molecule has 1 aromatic carbocycles. The van der Waals surface area contributed by atoms with Gasteiger partial charge in [-0.2, -0.15) is 0 Å². The van der Waals surface area contributed by atoms with Crippen molar-refractivity contribution >= 4 is 44.7 Å². The fourth-order valence-corrected chi connectivity index (χ4v) is 3.84. The summed E-state index contributed by atoms with van der Waals surface area (Å²) in [5.74, 6) is -1.02. The van der Waals surface area contributed by atoms with Crippen LogP contribution in [0.3, 0.4) is 0 Å². The predicted molar refractivity (Wildman–Crippen MR) is 95.6 cm³/mol. The third-order valence-corrected chi connectivity index (χ3v) is 5.91. The molecule has 9 heteroatoms. The number of esters is 1. The van der Waals surface area contributed by atoms with Gasteiger partial charge in [-0.3, -0.25) is 9.59 Å². The van der Waals surface area contributed by atoms with Crippen LogP contribution in [-0.4, -0.2) is 33.3 Å². The van der Waals surface area contributed by atoms with Crippen molar-refractivity contribution in [2.75, 3.05) is 13.2 Å². The third kappa shape index (κ3) is 5.93. The van der Waals surface area contributed by atoms with Gasteiger partial charge in [0, 0.05) is 6.54 Å². The maximum Gasteiger partial charge on any atom is 0.307 e. The van der Waals surface area contributed by atoms with Crippen LogP contribution in [-0.2, 0) is 19.6 Å². The lowest BCUT2D eigenvalue weighted by Gasteiger charge is -2.07. The van der Waals surface area contributed by atoms with Crippen LogP contribution >= 0.6 is 22.9 Å². The number of nitrogens with one attached hydrogen (secondary N) is 1. The van der Waals surface area contributed by atoms with Gasteiger partial charge in [0.05, 0.1) is 20.5 Å². The Kier molecular flexibility index (Phi) is 6.71. The second kappa shape index (κ2) is 8.57. The summed E-state index contributed by atoms with van der Waals surface area (Å²) < 4.78 is 31.7. The molecule has 1 N–H and O–H groups in total. The molecule has 0 aliphatic rings. The lowest BCUT2D eigenvalue weighted by atomic mass is 10.2. The molecular weight excluding hydrogens is 386 g/mol. The SMILES string of the molecule is Cc1ccc(S(=O)(=O)NCCC(=O)OCC(=O)c2ccc(Cl)s2)cc1. The molecule has 0 bridgehead atoms. The van der Waals surface area contributed by atoms with Gasteiger partial charge in [0.15, 0.2) is 6.61 Å². The minimum Gasteiger partial charge on any atom is -0.457 e. The average Bonchev–Trinajstić information content (AvgIpc) is 2.99. The summed E-state index contributed by atoms with van der Waals surface area (Å²) in [5, 5.41) is 0. The van der Waals surface area contributed by atoms with E-state index < -0.39 is 22.6 Å². The largest absolute Gasteiger partial charge is 0.457 e. The summed E-state index contributed by atoms with van der Waals surface area (Å²) >= 11 is 6.83. The van der Waals surface area contributed by atoms with Gasteiger partial charge >= 0.3 is 5.97 Å². The zero-order valence-corrected chi connectivity index (χ0v) is 15.7. The van der Waals surface area contributed by atoms with E-state index in [9.17, 15) is 18.0 Å². The van der Waals surface area contributed by atoms with E-state index in [1.165, 1.54) is 12.1 Å². The number of rotatable bonds is 8. The van der Waals surface area contributed by atoms with E-state index >= 15 is 0 Å². The fourth-order valence-electron chi connectivity index (χ4n) is 1.84. The first kappa shape index (κ1) is 19.6. The topological polar surface area (TPSA) is 89.5 Å². The number of aryl methyl sites for hydroxylation is 1. The molecule has 0 atom stereocenters. The van der Waals surface area contributed by atoms with Crippen LogP contribution in [0.5, 0.6) is 0 Å². The van der Waals surface area contributed by atoms with Gasteiger partial charge in [-0.15, -0.1) is 11.3 Å². The molecule has 2 rings (SSSR count). The summed E-state index contributed by atoms with van der Waals surface area (Å²) in [5.41, 5.74) is 0.944. The Labute approximate surface area is 154 Å². The number of benzene rings is 1. The molecule has 0 aliphatic heterocycles.